The first-order chi connectivity index (χ1) is 14.7. The van der Waals surface area contributed by atoms with Crippen LogP contribution in [0.3, 0.4) is 0 Å². The van der Waals surface area contributed by atoms with Crippen molar-refractivity contribution < 1.29 is 40.3 Å². The summed E-state index contributed by atoms with van der Waals surface area (Å²) in [6, 6.07) is 2.02. The van der Waals surface area contributed by atoms with Crippen LogP contribution in [0.25, 0.3) is 0 Å². The molecular formula is C20H16F7N3O2. The highest BCUT2D eigenvalue weighted by molar-refractivity contribution is 6.11. The van der Waals surface area contributed by atoms with Crippen molar-refractivity contribution in [1.29, 1.82) is 0 Å². The van der Waals surface area contributed by atoms with Crippen LogP contribution in [0.15, 0.2) is 23.2 Å². The van der Waals surface area contributed by atoms with Crippen LogP contribution in [-0.2, 0) is 11.0 Å². The summed E-state index contributed by atoms with van der Waals surface area (Å²) in [5.41, 5.74) is -2.89. The molecule has 0 spiro atoms. The Hall–Kier alpha value is -2.92. The lowest BCUT2D eigenvalue weighted by Gasteiger charge is -2.40. The van der Waals surface area contributed by atoms with E-state index in [1.165, 1.54) is 0 Å². The van der Waals surface area contributed by atoms with Crippen molar-refractivity contribution in [2.75, 3.05) is 0 Å². The molecular weight excluding hydrogens is 447 g/mol. The largest absolute Gasteiger partial charge is 0.573 e. The molecule has 2 unspecified atom stereocenters. The minimum Gasteiger partial charge on any atom is -0.405 e. The summed E-state index contributed by atoms with van der Waals surface area (Å²) in [5, 5.41) is 5.42. The Bertz CT molecular complexity index is 1120. The fourth-order valence-corrected chi connectivity index (χ4v) is 4.47. The standard InChI is InChI=1S/C20H16F7N3O2/c1-18(2)6-10-14(11(31)7-18)13(15-16(19(22,23)24)29-30-17(15)28-10)9-5-8(21)3-4-12(9)32-20(25,26)27/h3-5,13-14H,6-7H2,1-2H3,(H,29,30). The monoisotopic (exact) mass is 463 g/mol. The zero-order valence-electron chi connectivity index (χ0n) is 16.7. The number of ether oxygens (including phenoxy) is 1. The van der Waals surface area contributed by atoms with E-state index in [0.29, 0.717) is 18.2 Å². The number of fused-ring (bicyclic) bond motifs is 2. The van der Waals surface area contributed by atoms with Crippen molar-refractivity contribution in [3.05, 3.63) is 40.8 Å². The third-order valence-corrected chi connectivity index (χ3v) is 5.51. The van der Waals surface area contributed by atoms with Crippen molar-refractivity contribution >= 4 is 17.3 Å². The molecule has 0 amide bonds. The summed E-state index contributed by atoms with van der Waals surface area (Å²) < 4.78 is 98.2. The number of carbonyl (C=O) groups is 1. The molecule has 0 saturated heterocycles. The number of ketones is 1. The van der Waals surface area contributed by atoms with Gasteiger partial charge in [-0.2, -0.15) is 18.3 Å². The summed E-state index contributed by atoms with van der Waals surface area (Å²) in [6.07, 6.45) is -9.99. The van der Waals surface area contributed by atoms with Crippen LogP contribution in [0.2, 0.25) is 0 Å². The highest BCUT2D eigenvalue weighted by atomic mass is 19.4. The molecule has 1 aliphatic heterocycles. The number of nitrogens with zero attached hydrogens (tertiary/aromatic N) is 2. The highest BCUT2D eigenvalue weighted by Gasteiger charge is 2.51. The molecule has 2 aromatic rings. The summed E-state index contributed by atoms with van der Waals surface area (Å²) in [5.74, 6) is -5.74. The van der Waals surface area contributed by atoms with Crippen LogP contribution in [0.1, 0.15) is 49.4 Å². The number of Topliss-reactive ketones (excluding diaryl/α,β-unsaturated/α-hetero) is 1. The van der Waals surface area contributed by atoms with Gasteiger partial charge in [-0.15, -0.1) is 13.2 Å². The number of H-pyrrole nitrogens is 1. The van der Waals surface area contributed by atoms with Crippen LogP contribution in [-0.4, -0.2) is 28.1 Å². The van der Waals surface area contributed by atoms with E-state index < -0.39 is 69.8 Å². The number of aliphatic imine (C=N–C) groups is 1. The average Bonchev–Trinajstić information content (AvgIpc) is 3.03. The Morgan fingerprint density at radius 1 is 1.09 bits per heavy atom. The second-order valence-corrected chi connectivity index (χ2v) is 8.61. The highest BCUT2D eigenvalue weighted by Crippen LogP contribution is 2.53. The Balaban J connectivity index is 2.00. The van der Waals surface area contributed by atoms with Crippen molar-refractivity contribution in [3.8, 4) is 5.75 Å². The van der Waals surface area contributed by atoms with Crippen molar-refractivity contribution in [2.24, 2.45) is 16.3 Å². The lowest BCUT2D eigenvalue weighted by molar-refractivity contribution is -0.275. The first-order valence-corrected chi connectivity index (χ1v) is 9.47. The number of benzene rings is 1. The molecule has 2 aliphatic rings. The summed E-state index contributed by atoms with van der Waals surface area (Å²) in [6.45, 7) is 3.53. The van der Waals surface area contributed by atoms with Gasteiger partial charge in [-0.1, -0.05) is 13.8 Å². The number of hydrogen-bond acceptors (Lipinski definition) is 4. The molecule has 1 aliphatic carbocycles. The number of nitrogens with one attached hydrogen (secondary N) is 1. The van der Waals surface area contributed by atoms with E-state index in [1.807, 2.05) is 5.10 Å². The molecule has 1 saturated carbocycles. The van der Waals surface area contributed by atoms with Gasteiger partial charge in [-0.05, 0) is 30.0 Å². The zero-order valence-corrected chi connectivity index (χ0v) is 16.7. The normalized spacial score (nSPS) is 22.8. The molecule has 12 heteroatoms. The third-order valence-electron chi connectivity index (χ3n) is 5.51. The van der Waals surface area contributed by atoms with Gasteiger partial charge in [-0.25, -0.2) is 9.38 Å². The van der Waals surface area contributed by atoms with Crippen LogP contribution < -0.4 is 4.74 Å². The minimum atomic E-state index is -5.19. The molecule has 32 heavy (non-hydrogen) atoms. The smallest absolute Gasteiger partial charge is 0.405 e. The van der Waals surface area contributed by atoms with Crippen LogP contribution in [0.4, 0.5) is 36.6 Å². The zero-order chi connectivity index (χ0) is 23.6. The van der Waals surface area contributed by atoms with Gasteiger partial charge in [0.1, 0.15) is 23.0 Å². The van der Waals surface area contributed by atoms with Crippen molar-refractivity contribution in [1.82, 2.24) is 10.2 Å². The fraction of sp³-hybridized carbons (Fsp3) is 0.450. The molecule has 5 nitrogen and oxygen atoms in total. The molecule has 0 radical (unpaired) electrons. The van der Waals surface area contributed by atoms with E-state index >= 15 is 0 Å². The van der Waals surface area contributed by atoms with Gasteiger partial charge in [-0.3, -0.25) is 9.89 Å². The average molecular weight is 463 g/mol. The number of hydrogen-bond donors (Lipinski definition) is 1. The van der Waals surface area contributed by atoms with E-state index in [2.05, 4.69) is 14.8 Å². The maximum atomic E-state index is 14.1. The fourth-order valence-electron chi connectivity index (χ4n) is 4.47. The third kappa shape index (κ3) is 3.97. The van der Waals surface area contributed by atoms with Crippen LogP contribution in [0, 0.1) is 17.2 Å². The van der Waals surface area contributed by atoms with Crippen LogP contribution >= 0.6 is 0 Å². The number of aromatic amines is 1. The number of alkyl halides is 6. The minimum absolute atomic E-state index is 0.0352. The lowest BCUT2D eigenvalue weighted by atomic mass is 9.63. The van der Waals surface area contributed by atoms with Gasteiger partial charge >= 0.3 is 12.5 Å². The van der Waals surface area contributed by atoms with E-state index in [1.54, 1.807) is 13.8 Å². The SMILES string of the molecule is CC1(C)CC(=O)C2C(=Nc3n[nH]c(C(F)(F)F)c3C2c2cc(F)ccc2OC(F)(F)F)C1. The van der Waals surface area contributed by atoms with E-state index in [0.717, 1.165) is 0 Å². The maximum Gasteiger partial charge on any atom is 0.573 e. The molecule has 0 bridgehead atoms. The number of aromatic nitrogens is 2. The summed E-state index contributed by atoms with van der Waals surface area (Å²) in [7, 11) is 0. The van der Waals surface area contributed by atoms with Gasteiger partial charge in [0.25, 0.3) is 0 Å². The predicted molar refractivity (Wildman–Crippen MR) is 97.1 cm³/mol. The quantitative estimate of drug-likeness (QED) is 0.582. The molecule has 1 N–H and O–H groups in total. The predicted octanol–water partition coefficient (Wildman–Crippen LogP) is 5.69. The van der Waals surface area contributed by atoms with E-state index in [-0.39, 0.29) is 18.6 Å². The number of rotatable bonds is 2. The second-order valence-electron chi connectivity index (χ2n) is 8.61. The molecule has 2 atom stereocenters. The Labute approximate surface area is 176 Å². The summed E-state index contributed by atoms with van der Waals surface area (Å²) >= 11 is 0. The molecule has 1 fully saturated rings. The first-order valence-electron chi connectivity index (χ1n) is 9.47. The van der Waals surface area contributed by atoms with E-state index in [4.69, 9.17) is 0 Å². The van der Waals surface area contributed by atoms with Crippen molar-refractivity contribution in [3.63, 3.8) is 0 Å². The van der Waals surface area contributed by atoms with Gasteiger partial charge in [0.2, 0.25) is 0 Å². The lowest BCUT2D eigenvalue weighted by Crippen LogP contribution is -2.43. The number of halogens is 7. The van der Waals surface area contributed by atoms with Gasteiger partial charge in [0.05, 0.1) is 5.92 Å². The maximum absolute atomic E-state index is 14.1. The molecule has 1 aromatic carbocycles. The van der Waals surface area contributed by atoms with Gasteiger partial charge in [0, 0.05) is 29.2 Å². The second kappa shape index (κ2) is 7.04. The Kier molecular flexibility index (Phi) is 4.90. The topological polar surface area (TPSA) is 67.3 Å². The molecule has 1 aromatic heterocycles. The molecule has 2 heterocycles. The van der Waals surface area contributed by atoms with Crippen LogP contribution in [0.5, 0.6) is 5.75 Å². The Morgan fingerprint density at radius 2 is 1.78 bits per heavy atom. The summed E-state index contributed by atoms with van der Waals surface area (Å²) in [4.78, 5) is 17.2. The van der Waals surface area contributed by atoms with E-state index in [9.17, 15) is 35.5 Å². The molecule has 4 rings (SSSR count). The van der Waals surface area contributed by atoms with Gasteiger partial charge in [0.15, 0.2) is 5.82 Å². The first kappa shape index (κ1) is 22.3. The molecule has 172 valence electrons. The van der Waals surface area contributed by atoms with Crippen molar-refractivity contribution in [2.45, 2.75) is 45.1 Å². The number of carbonyl (C=O) groups excluding carboxylic acids is 1. The Morgan fingerprint density at radius 3 is 2.41 bits per heavy atom. The van der Waals surface area contributed by atoms with Gasteiger partial charge < -0.3 is 4.74 Å².